The fraction of sp³-hybridized carbons (Fsp3) is 0.552. The number of rotatable bonds is 9. The van der Waals surface area contributed by atoms with Gasteiger partial charge in [-0.25, -0.2) is 4.98 Å². The maximum absolute atomic E-state index is 6.24. The van der Waals surface area contributed by atoms with Crippen LogP contribution in [0.1, 0.15) is 51.1 Å². The van der Waals surface area contributed by atoms with Crippen LogP contribution in [0.5, 0.6) is 11.5 Å². The summed E-state index contributed by atoms with van der Waals surface area (Å²) in [7, 11) is 3.93. The van der Waals surface area contributed by atoms with E-state index in [0.29, 0.717) is 12.6 Å². The number of likely N-dealkylation sites (tertiary alicyclic amines) is 2. The number of anilines is 1. The van der Waals surface area contributed by atoms with Gasteiger partial charge in [-0.1, -0.05) is 17.7 Å². The smallest absolute Gasteiger partial charge is 0.163 e. The number of nitrogens with one attached hydrogen (secondary N) is 1. The van der Waals surface area contributed by atoms with Gasteiger partial charge < -0.3 is 24.6 Å². The lowest BCUT2D eigenvalue weighted by molar-refractivity contribution is 0.254. The molecular formula is C29H40N4O2. The molecule has 1 aliphatic carbocycles. The van der Waals surface area contributed by atoms with E-state index in [0.717, 1.165) is 79.1 Å². The minimum atomic E-state index is 0.467. The van der Waals surface area contributed by atoms with Gasteiger partial charge in [-0.15, -0.1) is 0 Å². The van der Waals surface area contributed by atoms with Crippen molar-refractivity contribution < 1.29 is 9.47 Å². The zero-order valence-corrected chi connectivity index (χ0v) is 21.6. The van der Waals surface area contributed by atoms with Crippen LogP contribution in [0, 0.1) is 0 Å². The van der Waals surface area contributed by atoms with Crippen LogP contribution in [-0.2, 0) is 0 Å². The number of methoxy groups -OCH3 is 1. The lowest BCUT2D eigenvalue weighted by atomic mass is 10.0. The minimum Gasteiger partial charge on any atom is -0.493 e. The highest BCUT2D eigenvalue weighted by Crippen LogP contribution is 2.38. The van der Waals surface area contributed by atoms with E-state index in [1.165, 1.54) is 37.1 Å². The summed E-state index contributed by atoms with van der Waals surface area (Å²) in [6.07, 6.45) is 11.3. The van der Waals surface area contributed by atoms with Gasteiger partial charge in [0.2, 0.25) is 0 Å². The summed E-state index contributed by atoms with van der Waals surface area (Å²) in [5.74, 6) is 1.56. The predicted octanol–water partition coefficient (Wildman–Crippen LogP) is 5.35. The van der Waals surface area contributed by atoms with E-state index in [-0.39, 0.29) is 0 Å². The van der Waals surface area contributed by atoms with Gasteiger partial charge in [0.15, 0.2) is 11.5 Å². The Morgan fingerprint density at radius 2 is 1.83 bits per heavy atom. The van der Waals surface area contributed by atoms with E-state index >= 15 is 0 Å². The van der Waals surface area contributed by atoms with Gasteiger partial charge in [-0.2, -0.15) is 0 Å². The Morgan fingerprint density at radius 3 is 2.54 bits per heavy atom. The molecule has 0 amide bonds. The molecule has 0 atom stereocenters. The van der Waals surface area contributed by atoms with E-state index in [9.17, 15) is 0 Å². The Hall–Kier alpha value is -2.57. The summed E-state index contributed by atoms with van der Waals surface area (Å²) in [6, 6.07) is 6.87. The molecule has 6 heteroatoms. The molecule has 1 aromatic heterocycles. The largest absolute Gasteiger partial charge is 0.493 e. The molecule has 0 spiro atoms. The maximum atomic E-state index is 6.24. The van der Waals surface area contributed by atoms with E-state index in [1.807, 2.05) is 0 Å². The van der Waals surface area contributed by atoms with Crippen molar-refractivity contribution >= 4 is 22.2 Å². The first-order chi connectivity index (χ1) is 17.1. The molecule has 1 N–H and O–H groups in total. The van der Waals surface area contributed by atoms with E-state index < -0.39 is 0 Å². The first-order valence-corrected chi connectivity index (χ1v) is 13.3. The molecule has 35 heavy (non-hydrogen) atoms. The SMILES string of the molecule is COc1cc2c(NC3CCN(C)CC3)cc(C3=CC=C(C)C3)nc2cc1OCCCN1CCCC1. The Bertz CT molecular complexity index is 1100. The molecule has 188 valence electrons. The number of benzene rings is 1. The molecule has 0 unspecified atom stereocenters. The van der Waals surface area contributed by atoms with Crippen molar-refractivity contribution in [3.63, 3.8) is 0 Å². The fourth-order valence-corrected chi connectivity index (χ4v) is 5.48. The Morgan fingerprint density at radius 1 is 1.03 bits per heavy atom. The number of fused-ring (bicyclic) bond motifs is 1. The molecule has 0 radical (unpaired) electrons. The van der Waals surface area contributed by atoms with Gasteiger partial charge in [0.05, 0.1) is 24.9 Å². The summed E-state index contributed by atoms with van der Waals surface area (Å²) in [5, 5.41) is 4.96. The zero-order chi connectivity index (χ0) is 24.2. The molecule has 2 aromatic rings. The molecule has 6 nitrogen and oxygen atoms in total. The molecule has 3 aliphatic rings. The fourth-order valence-electron chi connectivity index (χ4n) is 5.48. The van der Waals surface area contributed by atoms with Crippen LogP contribution >= 0.6 is 0 Å². The van der Waals surface area contributed by atoms with Gasteiger partial charge in [-0.05, 0) is 96.4 Å². The van der Waals surface area contributed by atoms with Gasteiger partial charge in [0, 0.05) is 29.7 Å². The topological polar surface area (TPSA) is 49.9 Å². The van der Waals surface area contributed by atoms with Gasteiger partial charge in [0.1, 0.15) is 0 Å². The summed E-state index contributed by atoms with van der Waals surface area (Å²) < 4.78 is 12.0. The number of ether oxygens (including phenoxy) is 2. The standard InChI is InChI=1S/C29H40N4O2/c1-21-7-8-22(17-21)25-19-26(30-23-9-14-32(2)15-10-23)24-18-28(34-3)29(20-27(24)31-25)35-16-6-13-33-11-4-5-12-33/h7-8,18-20,23H,4-6,9-17H2,1-3H3,(H,30,31). The second-order valence-corrected chi connectivity index (χ2v) is 10.4. The molecule has 1 aromatic carbocycles. The maximum Gasteiger partial charge on any atom is 0.163 e. The number of aromatic nitrogens is 1. The third-order valence-electron chi connectivity index (χ3n) is 7.61. The number of piperidine rings is 1. The van der Waals surface area contributed by atoms with Crippen LogP contribution in [0.25, 0.3) is 16.5 Å². The average Bonchev–Trinajstić information content (AvgIpc) is 3.54. The molecule has 3 heterocycles. The van der Waals surface area contributed by atoms with Crippen molar-refractivity contribution in [1.82, 2.24) is 14.8 Å². The van der Waals surface area contributed by atoms with Crippen LogP contribution in [-0.4, -0.2) is 74.3 Å². The van der Waals surface area contributed by atoms with Gasteiger partial charge in [0.25, 0.3) is 0 Å². The number of hydrogen-bond donors (Lipinski definition) is 1. The van der Waals surface area contributed by atoms with E-state index in [1.54, 1.807) is 7.11 Å². The Kier molecular flexibility index (Phi) is 7.59. The van der Waals surface area contributed by atoms with Crippen LogP contribution in [0.3, 0.4) is 0 Å². The molecule has 2 saturated heterocycles. The highest BCUT2D eigenvalue weighted by atomic mass is 16.5. The van der Waals surface area contributed by atoms with Crippen molar-refractivity contribution in [1.29, 1.82) is 0 Å². The van der Waals surface area contributed by atoms with Crippen molar-refractivity contribution in [3.05, 3.63) is 41.6 Å². The van der Waals surface area contributed by atoms with Crippen molar-refractivity contribution in [2.45, 2.75) is 51.5 Å². The van der Waals surface area contributed by atoms with Crippen LogP contribution in [0.15, 0.2) is 35.9 Å². The first kappa shape index (κ1) is 24.1. The second-order valence-electron chi connectivity index (χ2n) is 10.4. The van der Waals surface area contributed by atoms with Crippen LogP contribution in [0.2, 0.25) is 0 Å². The summed E-state index contributed by atoms with van der Waals surface area (Å²) in [6.45, 7) is 8.67. The molecule has 0 bridgehead atoms. The summed E-state index contributed by atoms with van der Waals surface area (Å²) in [4.78, 5) is 10.0. The Balaban J connectivity index is 1.41. The lowest BCUT2D eigenvalue weighted by Gasteiger charge is -2.30. The quantitative estimate of drug-likeness (QED) is 0.493. The normalized spacial score (nSPS) is 19.7. The van der Waals surface area contributed by atoms with Gasteiger partial charge >= 0.3 is 0 Å². The summed E-state index contributed by atoms with van der Waals surface area (Å²) in [5.41, 5.74) is 5.80. The number of hydrogen-bond acceptors (Lipinski definition) is 6. The molecule has 5 rings (SSSR count). The summed E-state index contributed by atoms with van der Waals surface area (Å²) >= 11 is 0. The molecule has 0 saturated carbocycles. The zero-order valence-electron chi connectivity index (χ0n) is 21.6. The van der Waals surface area contributed by atoms with Crippen molar-refractivity contribution in [3.8, 4) is 11.5 Å². The monoisotopic (exact) mass is 476 g/mol. The molecular weight excluding hydrogens is 436 g/mol. The molecule has 2 fully saturated rings. The first-order valence-electron chi connectivity index (χ1n) is 13.3. The number of allylic oxidation sites excluding steroid dienone is 4. The van der Waals surface area contributed by atoms with Gasteiger partial charge in [-0.3, -0.25) is 0 Å². The number of nitrogens with zero attached hydrogens (tertiary/aromatic N) is 3. The van der Waals surface area contributed by atoms with Crippen LogP contribution < -0.4 is 14.8 Å². The van der Waals surface area contributed by atoms with Crippen molar-refractivity contribution in [2.24, 2.45) is 0 Å². The third kappa shape index (κ3) is 5.81. The third-order valence-corrected chi connectivity index (χ3v) is 7.61. The van der Waals surface area contributed by atoms with E-state index in [4.69, 9.17) is 14.5 Å². The number of pyridine rings is 1. The second kappa shape index (κ2) is 11.0. The highest BCUT2D eigenvalue weighted by Gasteiger charge is 2.20. The predicted molar refractivity (Wildman–Crippen MR) is 145 cm³/mol. The van der Waals surface area contributed by atoms with E-state index in [2.05, 4.69) is 59.4 Å². The van der Waals surface area contributed by atoms with Crippen LogP contribution in [0.4, 0.5) is 5.69 Å². The minimum absolute atomic E-state index is 0.467. The average molecular weight is 477 g/mol. The highest BCUT2D eigenvalue weighted by molar-refractivity contribution is 5.95. The Labute approximate surface area is 210 Å². The molecule has 2 aliphatic heterocycles. The van der Waals surface area contributed by atoms with Crippen molar-refractivity contribution in [2.75, 3.05) is 58.8 Å². The lowest BCUT2D eigenvalue weighted by Crippen LogP contribution is -2.36.